The molecule has 8 heteroatoms. The molecule has 8 nitrogen and oxygen atoms in total. The molecule has 0 aliphatic heterocycles. The van der Waals surface area contributed by atoms with Crippen molar-refractivity contribution in [1.29, 1.82) is 0 Å². The molecule has 2 N–H and O–H groups in total. The zero-order valence-electron chi connectivity index (χ0n) is 10.3. The number of carbonyl (C=O) groups excluding carboxylic acids is 2. The van der Waals surface area contributed by atoms with Crippen LogP contribution in [0.25, 0.3) is 0 Å². The van der Waals surface area contributed by atoms with Gasteiger partial charge in [0.25, 0.3) is 0 Å². The number of likely N-dealkylation sites (N-methyl/N-ethyl adjacent to an activating group) is 1. The molecule has 1 aromatic heterocycles. The summed E-state index contributed by atoms with van der Waals surface area (Å²) in [5.41, 5.74) is 0.195. The van der Waals surface area contributed by atoms with Crippen molar-refractivity contribution in [3.63, 3.8) is 0 Å². The highest BCUT2D eigenvalue weighted by atomic mass is 16.3. The minimum absolute atomic E-state index is 0.195. The van der Waals surface area contributed by atoms with Crippen molar-refractivity contribution in [2.24, 2.45) is 0 Å². The topological polar surface area (TPSA) is 112 Å². The largest absolute Gasteiger partial charge is 0.504 e. The van der Waals surface area contributed by atoms with Gasteiger partial charge in [0.05, 0.1) is 5.70 Å². The third-order valence-electron chi connectivity index (χ3n) is 2.73. The lowest BCUT2D eigenvalue weighted by Gasteiger charge is -2.22. The zero-order valence-corrected chi connectivity index (χ0v) is 10.3. The number of H-pyrrole nitrogens is 1. The van der Waals surface area contributed by atoms with Crippen LogP contribution in [-0.2, 0) is 16.0 Å². The highest BCUT2D eigenvalue weighted by Crippen LogP contribution is 2.14. The summed E-state index contributed by atoms with van der Waals surface area (Å²) in [7, 11) is 1.69. The van der Waals surface area contributed by atoms with Crippen molar-refractivity contribution in [3.8, 4) is 0 Å². The van der Waals surface area contributed by atoms with E-state index in [1.165, 1.54) is 6.08 Å². The molecular formula is C11H13N5O3. The SMILES string of the molecule is CN(CCCc1nnn[nH]1)C1=CC(=O)C=C(O)C1=O. The van der Waals surface area contributed by atoms with Crippen molar-refractivity contribution < 1.29 is 14.7 Å². The Hall–Kier alpha value is -2.51. The van der Waals surface area contributed by atoms with E-state index in [4.69, 9.17) is 0 Å². The standard InChI is InChI=1S/C11H13N5O3/c1-16(4-2-3-10-12-14-15-13-10)8-5-7(17)6-9(18)11(8)19/h5-6,18H,2-4H2,1H3,(H,12,13,14,15). The van der Waals surface area contributed by atoms with E-state index >= 15 is 0 Å². The number of ketones is 2. The molecule has 0 spiro atoms. The number of allylic oxidation sites excluding steroid dienone is 2. The molecule has 1 heterocycles. The van der Waals surface area contributed by atoms with Gasteiger partial charge < -0.3 is 10.0 Å². The van der Waals surface area contributed by atoms with Gasteiger partial charge in [0.2, 0.25) is 5.78 Å². The summed E-state index contributed by atoms with van der Waals surface area (Å²) in [6.45, 7) is 0.541. The second kappa shape index (κ2) is 5.42. The van der Waals surface area contributed by atoms with Crippen molar-refractivity contribution in [2.75, 3.05) is 13.6 Å². The molecule has 19 heavy (non-hydrogen) atoms. The molecule has 100 valence electrons. The lowest BCUT2D eigenvalue weighted by atomic mass is 10.1. The van der Waals surface area contributed by atoms with E-state index in [-0.39, 0.29) is 5.70 Å². The predicted octanol–water partition coefficient (Wildman–Crippen LogP) is -0.458. The van der Waals surface area contributed by atoms with Gasteiger partial charge in [0, 0.05) is 32.2 Å². The van der Waals surface area contributed by atoms with E-state index in [0.29, 0.717) is 25.2 Å². The van der Waals surface area contributed by atoms with E-state index in [2.05, 4.69) is 20.6 Å². The molecule has 0 saturated carbocycles. The fourth-order valence-electron chi connectivity index (χ4n) is 1.75. The number of nitrogens with one attached hydrogen (secondary N) is 1. The second-order valence-corrected chi connectivity index (χ2v) is 4.16. The minimum atomic E-state index is -0.538. The molecule has 0 saturated heterocycles. The van der Waals surface area contributed by atoms with Gasteiger partial charge in [0.15, 0.2) is 11.5 Å². The first kappa shape index (κ1) is 12.9. The molecular weight excluding hydrogens is 250 g/mol. The number of hydrogen-bond acceptors (Lipinski definition) is 7. The monoisotopic (exact) mass is 263 g/mol. The van der Waals surface area contributed by atoms with Crippen LogP contribution in [0.4, 0.5) is 0 Å². The average molecular weight is 263 g/mol. The Bertz CT molecular complexity index is 547. The van der Waals surface area contributed by atoms with E-state index < -0.39 is 17.3 Å². The van der Waals surface area contributed by atoms with Crippen LogP contribution in [0.3, 0.4) is 0 Å². The number of rotatable bonds is 5. The molecule has 0 fully saturated rings. The Balaban J connectivity index is 1.91. The first-order valence-electron chi connectivity index (χ1n) is 5.72. The normalized spacial score (nSPS) is 15.2. The maximum absolute atomic E-state index is 11.7. The summed E-state index contributed by atoms with van der Waals surface area (Å²) in [6.07, 6.45) is 3.48. The predicted molar refractivity (Wildman–Crippen MR) is 63.9 cm³/mol. The molecule has 0 amide bonds. The Morgan fingerprint density at radius 3 is 2.84 bits per heavy atom. The van der Waals surface area contributed by atoms with Crippen LogP contribution < -0.4 is 0 Å². The Morgan fingerprint density at radius 1 is 1.37 bits per heavy atom. The maximum Gasteiger partial charge on any atom is 0.243 e. The van der Waals surface area contributed by atoms with Gasteiger partial charge in [-0.1, -0.05) is 0 Å². The van der Waals surface area contributed by atoms with E-state index in [1.807, 2.05) is 0 Å². The molecule has 0 unspecified atom stereocenters. The number of tetrazole rings is 1. The number of Topliss-reactive ketones (excluding diaryl/α,β-unsaturated/α-hetero) is 1. The maximum atomic E-state index is 11.7. The van der Waals surface area contributed by atoms with E-state index in [0.717, 1.165) is 6.08 Å². The molecule has 2 rings (SSSR count). The number of carbonyl (C=O) groups is 2. The van der Waals surface area contributed by atoms with Gasteiger partial charge in [0.1, 0.15) is 5.82 Å². The fourth-order valence-corrected chi connectivity index (χ4v) is 1.75. The van der Waals surface area contributed by atoms with Crippen molar-refractivity contribution in [3.05, 3.63) is 29.4 Å². The zero-order chi connectivity index (χ0) is 13.8. The van der Waals surface area contributed by atoms with Crippen LogP contribution in [0.1, 0.15) is 12.2 Å². The van der Waals surface area contributed by atoms with Crippen LogP contribution in [-0.4, -0.2) is 55.8 Å². The highest BCUT2D eigenvalue weighted by Gasteiger charge is 2.23. The first-order valence-corrected chi connectivity index (χ1v) is 5.72. The summed E-state index contributed by atoms with van der Waals surface area (Å²) in [4.78, 5) is 24.6. The number of nitrogens with zero attached hydrogens (tertiary/aromatic N) is 4. The minimum Gasteiger partial charge on any atom is -0.504 e. The number of aliphatic hydroxyl groups excluding tert-OH is 1. The Morgan fingerprint density at radius 2 is 2.16 bits per heavy atom. The number of aromatic nitrogens is 4. The molecule has 1 aliphatic carbocycles. The summed E-state index contributed by atoms with van der Waals surface area (Å²) in [5.74, 6) is -0.785. The van der Waals surface area contributed by atoms with Crippen molar-refractivity contribution in [2.45, 2.75) is 12.8 Å². The third-order valence-corrected chi connectivity index (χ3v) is 2.73. The summed E-state index contributed by atoms with van der Waals surface area (Å²) >= 11 is 0. The van der Waals surface area contributed by atoms with Crippen molar-refractivity contribution >= 4 is 11.6 Å². The average Bonchev–Trinajstić information content (AvgIpc) is 2.86. The van der Waals surface area contributed by atoms with Crippen LogP contribution in [0.5, 0.6) is 0 Å². The van der Waals surface area contributed by atoms with Gasteiger partial charge in [-0.2, -0.15) is 0 Å². The summed E-state index contributed by atoms with van der Waals surface area (Å²) in [5, 5.41) is 22.6. The van der Waals surface area contributed by atoms with Crippen LogP contribution in [0, 0.1) is 0 Å². The number of hydrogen-bond donors (Lipinski definition) is 2. The molecule has 0 radical (unpaired) electrons. The lowest BCUT2D eigenvalue weighted by Crippen LogP contribution is -2.29. The number of aryl methyl sites for hydroxylation is 1. The smallest absolute Gasteiger partial charge is 0.243 e. The second-order valence-electron chi connectivity index (χ2n) is 4.16. The van der Waals surface area contributed by atoms with Crippen molar-refractivity contribution in [1.82, 2.24) is 25.5 Å². The van der Waals surface area contributed by atoms with Gasteiger partial charge in [-0.3, -0.25) is 9.59 Å². The fraction of sp³-hybridized carbons (Fsp3) is 0.364. The van der Waals surface area contributed by atoms with E-state index in [9.17, 15) is 14.7 Å². The number of aliphatic hydroxyl groups is 1. The molecule has 0 aromatic carbocycles. The van der Waals surface area contributed by atoms with Crippen LogP contribution in [0.15, 0.2) is 23.6 Å². The summed E-state index contributed by atoms with van der Waals surface area (Å²) < 4.78 is 0. The Kier molecular flexibility index (Phi) is 3.69. The Labute approximate surface area is 108 Å². The van der Waals surface area contributed by atoms with E-state index in [1.54, 1.807) is 11.9 Å². The lowest BCUT2D eigenvalue weighted by molar-refractivity contribution is -0.118. The van der Waals surface area contributed by atoms with Gasteiger partial charge in [-0.05, 0) is 16.8 Å². The molecule has 1 aliphatic rings. The quantitative estimate of drug-likeness (QED) is 0.691. The van der Waals surface area contributed by atoms with Gasteiger partial charge in [-0.25, -0.2) is 5.10 Å². The van der Waals surface area contributed by atoms with Crippen LogP contribution in [0.2, 0.25) is 0 Å². The van der Waals surface area contributed by atoms with Gasteiger partial charge in [-0.15, -0.1) is 5.10 Å². The highest BCUT2D eigenvalue weighted by molar-refractivity contribution is 6.18. The molecule has 0 atom stereocenters. The summed E-state index contributed by atoms with van der Waals surface area (Å²) in [6, 6.07) is 0. The number of aromatic amines is 1. The van der Waals surface area contributed by atoms with Crippen LogP contribution >= 0.6 is 0 Å². The van der Waals surface area contributed by atoms with Gasteiger partial charge >= 0.3 is 0 Å². The molecule has 1 aromatic rings. The third kappa shape index (κ3) is 3.03. The molecule has 0 bridgehead atoms. The first-order chi connectivity index (χ1) is 9.08.